The Balaban J connectivity index is 0.00000121. The molecular formula is C6H9N3O3. The van der Waals surface area contributed by atoms with Crippen LogP contribution in [0.4, 0.5) is 5.69 Å². The Bertz CT molecular complexity index is 251. The highest BCUT2D eigenvalue weighted by atomic mass is 16.8. The van der Waals surface area contributed by atoms with E-state index >= 15 is 0 Å². The van der Waals surface area contributed by atoms with Gasteiger partial charge in [0.05, 0.1) is 0 Å². The maximum Gasteiger partial charge on any atom is 0.192 e. The van der Waals surface area contributed by atoms with Gasteiger partial charge in [0.15, 0.2) is 5.03 Å². The number of hydrazine groups is 1. The summed E-state index contributed by atoms with van der Waals surface area (Å²) in [6.45, 7) is 0. The quantitative estimate of drug-likeness (QED) is 0.514. The van der Waals surface area contributed by atoms with Crippen molar-refractivity contribution in [3.63, 3.8) is 0 Å². The van der Waals surface area contributed by atoms with Gasteiger partial charge in [0.2, 0.25) is 0 Å². The van der Waals surface area contributed by atoms with E-state index in [4.69, 9.17) is 5.21 Å². The second-order valence-electron chi connectivity index (χ2n) is 1.86. The number of rotatable bonds is 2. The smallest absolute Gasteiger partial charge is 0.192 e. The van der Waals surface area contributed by atoms with Crippen LogP contribution >= 0.6 is 0 Å². The summed E-state index contributed by atoms with van der Waals surface area (Å²) in [5.41, 5.74) is 0.137. The van der Waals surface area contributed by atoms with E-state index in [9.17, 15) is 10.1 Å². The van der Waals surface area contributed by atoms with E-state index in [1.54, 1.807) is 18.2 Å². The Kier molecular flexibility index (Phi) is 3.68. The highest BCUT2D eigenvalue weighted by Gasteiger charge is 2.11. The van der Waals surface area contributed by atoms with E-state index in [1.807, 2.05) is 0 Å². The van der Waals surface area contributed by atoms with Crippen LogP contribution in [-0.2, 0) is 0 Å². The molecule has 1 aromatic carbocycles. The minimum atomic E-state index is -0.907. The summed E-state index contributed by atoms with van der Waals surface area (Å²) >= 11 is 0. The van der Waals surface area contributed by atoms with Gasteiger partial charge in [-0.1, -0.05) is 18.2 Å². The van der Waals surface area contributed by atoms with Gasteiger partial charge >= 0.3 is 0 Å². The molecule has 0 saturated heterocycles. The second-order valence-corrected chi connectivity index (χ2v) is 1.86. The van der Waals surface area contributed by atoms with Crippen LogP contribution in [0.2, 0.25) is 0 Å². The van der Waals surface area contributed by atoms with Gasteiger partial charge in [-0.15, -0.1) is 0 Å². The molecule has 0 aromatic heterocycles. The van der Waals surface area contributed by atoms with Crippen LogP contribution < -0.4 is 11.3 Å². The number of para-hydroxylation sites is 1. The van der Waals surface area contributed by atoms with Gasteiger partial charge in [-0.2, -0.15) is 0 Å². The minimum absolute atomic E-state index is 0. The fourth-order valence-electron chi connectivity index (χ4n) is 0.656. The molecule has 4 N–H and O–H groups in total. The largest absolute Gasteiger partial charge is 0.344 e. The summed E-state index contributed by atoms with van der Waals surface area (Å²) in [6.07, 6.45) is 0. The molecule has 0 aliphatic heterocycles. The van der Waals surface area contributed by atoms with Crippen molar-refractivity contribution in [3.8, 4) is 0 Å². The Morgan fingerprint density at radius 1 is 1.33 bits per heavy atom. The van der Waals surface area contributed by atoms with Gasteiger partial charge < -0.3 is 6.15 Å². The van der Waals surface area contributed by atoms with Crippen LogP contribution in [0.25, 0.3) is 0 Å². The Labute approximate surface area is 68.7 Å². The molecule has 0 amide bonds. The van der Waals surface area contributed by atoms with Crippen molar-refractivity contribution < 1.29 is 10.2 Å². The van der Waals surface area contributed by atoms with E-state index in [1.165, 1.54) is 12.1 Å². The Morgan fingerprint density at radius 2 is 1.83 bits per heavy atom. The molecule has 0 spiro atoms. The van der Waals surface area contributed by atoms with E-state index < -0.39 is 5.03 Å². The lowest BCUT2D eigenvalue weighted by Crippen LogP contribution is -2.24. The maximum absolute atomic E-state index is 9.98. The third-order valence-electron chi connectivity index (χ3n) is 1.14. The van der Waals surface area contributed by atoms with Crippen LogP contribution in [0.5, 0.6) is 0 Å². The van der Waals surface area contributed by atoms with Crippen molar-refractivity contribution in [3.05, 3.63) is 40.4 Å². The van der Waals surface area contributed by atoms with Crippen molar-refractivity contribution in [2.24, 2.45) is 0 Å². The van der Waals surface area contributed by atoms with Gasteiger partial charge in [-0.25, -0.2) is 15.3 Å². The second kappa shape index (κ2) is 4.27. The molecule has 66 valence electrons. The molecule has 0 bridgehead atoms. The van der Waals surface area contributed by atoms with E-state index in [-0.39, 0.29) is 17.0 Å². The molecule has 0 heterocycles. The normalized spacial score (nSPS) is 8.42. The van der Waals surface area contributed by atoms with Crippen LogP contribution in [0, 0.1) is 10.1 Å². The summed E-state index contributed by atoms with van der Waals surface area (Å²) in [4.78, 5) is 9.98. The molecule has 0 aliphatic carbocycles. The first-order valence-corrected chi connectivity index (χ1v) is 2.90. The molecule has 0 atom stereocenters. The van der Waals surface area contributed by atoms with Gasteiger partial charge in [0, 0.05) is 5.17 Å². The van der Waals surface area contributed by atoms with Crippen molar-refractivity contribution >= 4 is 5.69 Å². The summed E-state index contributed by atoms with van der Waals surface area (Å²) in [5, 5.41) is 17.8. The monoisotopic (exact) mass is 171 g/mol. The molecule has 0 saturated carbocycles. The molecule has 0 aliphatic rings. The minimum Gasteiger partial charge on any atom is -0.344 e. The summed E-state index contributed by atoms with van der Waals surface area (Å²) < 4.78 is 0. The van der Waals surface area contributed by atoms with Crippen molar-refractivity contribution in [1.82, 2.24) is 6.15 Å². The average molecular weight is 171 g/mol. The molecule has 1 rings (SSSR count). The zero-order valence-corrected chi connectivity index (χ0v) is 6.25. The first kappa shape index (κ1) is 10.3. The molecule has 12 heavy (non-hydrogen) atoms. The molecular weight excluding hydrogens is 162 g/mol. The third kappa shape index (κ3) is 2.19. The summed E-state index contributed by atoms with van der Waals surface area (Å²) in [6, 6.07) is 7.77. The van der Waals surface area contributed by atoms with E-state index in [2.05, 4.69) is 0 Å². The maximum atomic E-state index is 9.98. The van der Waals surface area contributed by atoms with E-state index in [0.717, 1.165) is 0 Å². The van der Waals surface area contributed by atoms with Gasteiger partial charge in [-0.3, -0.25) is 0 Å². The lowest BCUT2D eigenvalue weighted by molar-refractivity contribution is -0.541. The first-order valence-electron chi connectivity index (χ1n) is 2.90. The highest BCUT2D eigenvalue weighted by molar-refractivity contribution is 5.40. The first-order chi connectivity index (χ1) is 5.22. The van der Waals surface area contributed by atoms with Crippen molar-refractivity contribution in [1.29, 1.82) is 0 Å². The fraction of sp³-hybridized carbons (Fsp3) is 0. The van der Waals surface area contributed by atoms with Gasteiger partial charge in [-0.05, 0) is 12.1 Å². The SMILES string of the molecule is N.O=[N+]([O-])N(O)c1ccccc1. The summed E-state index contributed by atoms with van der Waals surface area (Å²) in [5.74, 6) is 0. The lowest BCUT2D eigenvalue weighted by atomic mass is 10.3. The number of anilines is 1. The molecule has 0 fully saturated rings. The lowest BCUT2D eigenvalue weighted by Gasteiger charge is -2.03. The summed E-state index contributed by atoms with van der Waals surface area (Å²) in [7, 11) is 0. The fourth-order valence-corrected chi connectivity index (χ4v) is 0.656. The molecule has 6 heteroatoms. The van der Waals surface area contributed by atoms with Gasteiger partial charge in [0.25, 0.3) is 0 Å². The Hall–Kier alpha value is -1.66. The van der Waals surface area contributed by atoms with Crippen LogP contribution in [-0.4, -0.2) is 10.2 Å². The highest BCUT2D eigenvalue weighted by Crippen LogP contribution is 2.09. The van der Waals surface area contributed by atoms with Crippen LogP contribution in [0.15, 0.2) is 30.3 Å². The Morgan fingerprint density at radius 3 is 2.25 bits per heavy atom. The zero-order valence-electron chi connectivity index (χ0n) is 6.25. The number of nitrogens with zero attached hydrogens (tertiary/aromatic N) is 2. The van der Waals surface area contributed by atoms with Gasteiger partial charge in [0.1, 0.15) is 5.69 Å². The standard InChI is InChI=1S/C6H6N2O3.H3N/c9-7(8(10)11)6-4-2-1-3-5-6;/h1-5,9H;1H3. The predicted octanol–water partition coefficient (Wildman–Crippen LogP) is 1.24. The molecule has 0 unspecified atom stereocenters. The van der Waals surface area contributed by atoms with Crippen LogP contribution in [0.1, 0.15) is 0 Å². The van der Waals surface area contributed by atoms with Crippen LogP contribution in [0.3, 0.4) is 0 Å². The number of nitro groups is 1. The van der Waals surface area contributed by atoms with Crippen molar-refractivity contribution in [2.45, 2.75) is 0 Å². The molecule has 0 radical (unpaired) electrons. The topological polar surface area (TPSA) is 102 Å². The number of hydrogen-bond acceptors (Lipinski definition) is 4. The number of benzene rings is 1. The van der Waals surface area contributed by atoms with E-state index in [0.29, 0.717) is 0 Å². The average Bonchev–Trinajstić information content (AvgIpc) is 2.05. The third-order valence-corrected chi connectivity index (χ3v) is 1.14. The van der Waals surface area contributed by atoms with Crippen molar-refractivity contribution in [2.75, 3.05) is 5.17 Å². The zero-order chi connectivity index (χ0) is 8.27. The predicted molar refractivity (Wildman–Crippen MR) is 42.7 cm³/mol. The molecule has 1 aromatic rings. The molecule has 6 nitrogen and oxygen atoms in total. The number of hydrogen-bond donors (Lipinski definition) is 2.